The van der Waals surface area contributed by atoms with Crippen LogP contribution in [0.25, 0.3) is 20.9 Å². The van der Waals surface area contributed by atoms with Gasteiger partial charge in [-0.15, -0.1) is 10.1 Å². The number of carbonyl (C=O) groups is 2. The van der Waals surface area contributed by atoms with Crippen molar-refractivity contribution < 1.29 is 29.0 Å². The molecule has 1 aromatic heterocycles. The van der Waals surface area contributed by atoms with Gasteiger partial charge in [-0.3, -0.25) is 4.79 Å². The molecule has 174 valence electrons. The van der Waals surface area contributed by atoms with Gasteiger partial charge < -0.3 is 14.3 Å². The van der Waals surface area contributed by atoms with E-state index in [9.17, 15) is 19.7 Å². The minimum absolute atomic E-state index is 0.0424. The molecule has 0 bridgehead atoms. The summed E-state index contributed by atoms with van der Waals surface area (Å²) in [5.74, 6) is -1.44. The maximum atomic E-state index is 12.8. The fourth-order valence-electron chi connectivity index (χ4n) is 2.63. The molecule has 34 heavy (non-hydrogen) atoms. The van der Waals surface area contributed by atoms with Gasteiger partial charge in [-0.2, -0.15) is 0 Å². The molecule has 0 unspecified atom stereocenters. The van der Waals surface area contributed by atoms with Crippen LogP contribution in [0.4, 0.5) is 5.69 Å². The fourth-order valence-corrected chi connectivity index (χ4v) is 5.03. The first-order valence-corrected chi connectivity index (χ1v) is 12.0. The third kappa shape index (κ3) is 7.08. The molecule has 0 amide bonds. The van der Waals surface area contributed by atoms with Crippen molar-refractivity contribution in [1.82, 2.24) is 0 Å². The van der Waals surface area contributed by atoms with E-state index in [4.69, 9.17) is 27.2 Å². The number of benzene rings is 2. The van der Waals surface area contributed by atoms with E-state index in [1.54, 1.807) is 34.6 Å². The molecular weight excluding hydrogens is 504 g/mol. The molecule has 14 heteroatoms. The molecule has 0 atom stereocenters. The van der Waals surface area contributed by atoms with Crippen molar-refractivity contribution in [3.05, 3.63) is 78.5 Å². The van der Waals surface area contributed by atoms with E-state index in [2.05, 4.69) is 14.9 Å². The smallest absolute Gasteiger partial charge is 0.347 e. The lowest BCUT2D eigenvalue weighted by Gasteiger charge is -2.11. The molecule has 2 aromatic carbocycles. The zero-order valence-corrected chi connectivity index (χ0v) is 19.6. The normalized spacial score (nSPS) is 10.1. The summed E-state index contributed by atoms with van der Waals surface area (Å²) in [6.45, 7) is -0.275. The lowest BCUT2D eigenvalue weighted by molar-refractivity contribution is -0.757. The van der Waals surface area contributed by atoms with Gasteiger partial charge in [-0.1, -0.05) is 38.0 Å². The Morgan fingerprint density at radius 2 is 1.88 bits per heavy atom. The van der Waals surface area contributed by atoms with Gasteiger partial charge >= 0.3 is 11.9 Å². The number of rotatable bonds is 10. The summed E-state index contributed by atoms with van der Waals surface area (Å²) >= 11 is 5.14. The van der Waals surface area contributed by atoms with Gasteiger partial charge in [0.1, 0.15) is 20.9 Å². The minimum atomic E-state index is -0.961. The molecule has 0 saturated heterocycles. The molecule has 0 aliphatic carbocycles. The minimum Gasteiger partial charge on any atom is -0.426 e. The molecule has 11 nitrogen and oxygen atoms in total. The van der Waals surface area contributed by atoms with E-state index >= 15 is 0 Å². The highest BCUT2D eigenvalue weighted by Crippen LogP contribution is 2.31. The number of carbonyl (C=O) groups excluding carboxylic acids is 2. The van der Waals surface area contributed by atoms with Crippen molar-refractivity contribution in [3.8, 4) is 21.9 Å². The van der Waals surface area contributed by atoms with Gasteiger partial charge in [-0.05, 0) is 66.0 Å². The first kappa shape index (κ1) is 24.8. The number of hydrogen-bond donors (Lipinski definition) is 0. The Morgan fingerprint density at radius 3 is 2.53 bits per heavy atom. The van der Waals surface area contributed by atoms with E-state index in [-0.39, 0.29) is 42.2 Å². The highest BCUT2D eigenvalue weighted by Gasteiger charge is 2.19. The number of esters is 2. The highest BCUT2D eigenvalue weighted by atomic mass is 32.9. The maximum Gasteiger partial charge on any atom is 0.347 e. The summed E-state index contributed by atoms with van der Waals surface area (Å²) in [5, 5.41) is 12.6. The van der Waals surface area contributed by atoms with Crippen LogP contribution in [0.5, 0.6) is 11.5 Å². The molecule has 1 heterocycles. The van der Waals surface area contributed by atoms with Crippen molar-refractivity contribution in [2.24, 2.45) is 5.11 Å². The third-order valence-corrected chi connectivity index (χ3v) is 7.01. The second kappa shape index (κ2) is 11.9. The first-order chi connectivity index (χ1) is 16.4. The van der Waals surface area contributed by atoms with Gasteiger partial charge in [0.2, 0.25) is 0 Å². The van der Waals surface area contributed by atoms with Crippen LogP contribution in [-0.2, 0) is 9.63 Å². The van der Waals surface area contributed by atoms with Crippen LogP contribution < -0.4 is 9.47 Å². The quantitative estimate of drug-likeness (QED) is 0.0291. The van der Waals surface area contributed by atoms with E-state index < -0.39 is 17.0 Å². The van der Waals surface area contributed by atoms with Crippen molar-refractivity contribution >= 4 is 50.5 Å². The molecule has 0 spiro atoms. The Morgan fingerprint density at radius 1 is 1.12 bits per heavy atom. The standard InChI is InChI=1S/C20H14N4O7S3/c21-23-22-13-5-8-16(31-18(25)2-1-9-29-24(27)28)15(10-13)20(26)30-14-6-3-12(4-7-14)17-11-19(32)34-33-17/h3-8,10-11H,1-2,9H2. The molecule has 3 aromatic rings. The van der Waals surface area contributed by atoms with Crippen molar-refractivity contribution in [1.29, 1.82) is 0 Å². The summed E-state index contributed by atoms with van der Waals surface area (Å²) in [6, 6.07) is 12.5. The van der Waals surface area contributed by atoms with E-state index in [1.807, 2.05) is 6.07 Å². The number of hydrogen-bond acceptors (Lipinski definition) is 11. The maximum absolute atomic E-state index is 12.8. The first-order valence-electron chi connectivity index (χ1n) is 9.45. The SMILES string of the molecule is [N-]=[N+]=Nc1ccc(OC(=O)CCCO[N+](=O)[O-])c(C(=O)Oc2ccc(-c3cc(=S)ss3)cc2)c1. The van der Waals surface area contributed by atoms with Crippen LogP contribution in [0.15, 0.2) is 53.6 Å². The molecule has 0 saturated carbocycles. The Balaban J connectivity index is 1.74. The molecule has 0 aliphatic rings. The molecule has 0 fully saturated rings. The summed E-state index contributed by atoms with van der Waals surface area (Å²) in [6.07, 6.45) is -0.141. The lowest BCUT2D eigenvalue weighted by atomic mass is 10.1. The average Bonchev–Trinajstić information content (AvgIpc) is 3.24. The monoisotopic (exact) mass is 518 g/mol. The average molecular weight is 519 g/mol. The Labute approximate surface area is 204 Å². The molecular formula is C20H14N4O7S3. The molecule has 0 aliphatic heterocycles. The predicted molar refractivity (Wildman–Crippen MR) is 126 cm³/mol. The van der Waals surface area contributed by atoms with Gasteiger partial charge in [0.15, 0.2) is 0 Å². The van der Waals surface area contributed by atoms with E-state index in [0.29, 0.717) is 0 Å². The van der Waals surface area contributed by atoms with Crippen LogP contribution in [0.3, 0.4) is 0 Å². The van der Waals surface area contributed by atoms with E-state index in [1.165, 1.54) is 28.5 Å². The van der Waals surface area contributed by atoms with Crippen molar-refractivity contribution in [3.63, 3.8) is 0 Å². The predicted octanol–water partition coefficient (Wildman–Crippen LogP) is 6.26. The second-order valence-electron chi connectivity index (χ2n) is 6.41. The lowest BCUT2D eigenvalue weighted by Crippen LogP contribution is -2.15. The highest BCUT2D eigenvalue weighted by molar-refractivity contribution is 7.80. The Hall–Kier alpha value is -3.84. The van der Waals surface area contributed by atoms with Crippen LogP contribution in [-0.4, -0.2) is 23.6 Å². The zero-order chi connectivity index (χ0) is 24.5. The van der Waals surface area contributed by atoms with Crippen LogP contribution in [0, 0.1) is 13.9 Å². The van der Waals surface area contributed by atoms with Crippen LogP contribution in [0.2, 0.25) is 0 Å². The van der Waals surface area contributed by atoms with Gasteiger partial charge in [0.05, 0.1) is 6.61 Å². The fraction of sp³-hybridized carbons (Fsp3) is 0.150. The van der Waals surface area contributed by atoms with Gasteiger partial charge in [-0.25, -0.2) is 4.79 Å². The van der Waals surface area contributed by atoms with Crippen molar-refractivity contribution in [2.75, 3.05) is 6.61 Å². The number of azide groups is 1. The molecule has 0 radical (unpaired) electrons. The topological polar surface area (TPSA) is 154 Å². The van der Waals surface area contributed by atoms with Crippen molar-refractivity contribution in [2.45, 2.75) is 12.8 Å². The van der Waals surface area contributed by atoms with Crippen LogP contribution in [0.1, 0.15) is 23.2 Å². The number of nitrogens with zero attached hydrogens (tertiary/aromatic N) is 4. The molecule has 3 rings (SSSR count). The second-order valence-corrected chi connectivity index (χ2v) is 9.32. The Kier molecular flexibility index (Phi) is 8.65. The van der Waals surface area contributed by atoms with Crippen LogP contribution >= 0.6 is 32.9 Å². The summed E-state index contributed by atoms with van der Waals surface area (Å²) < 4.78 is 11.4. The summed E-state index contributed by atoms with van der Waals surface area (Å²) in [4.78, 5) is 42.9. The van der Waals surface area contributed by atoms with Gasteiger partial charge in [0.25, 0.3) is 5.09 Å². The number of ether oxygens (including phenoxy) is 2. The third-order valence-electron chi connectivity index (χ3n) is 4.10. The summed E-state index contributed by atoms with van der Waals surface area (Å²) in [5.41, 5.74) is 9.56. The summed E-state index contributed by atoms with van der Waals surface area (Å²) in [7, 11) is 3.03. The Bertz CT molecular complexity index is 1310. The van der Waals surface area contributed by atoms with E-state index in [0.717, 1.165) is 14.3 Å². The van der Waals surface area contributed by atoms with Gasteiger partial charge in [0, 0.05) is 21.9 Å². The molecule has 0 N–H and O–H groups in total. The largest absolute Gasteiger partial charge is 0.426 e. The zero-order valence-electron chi connectivity index (χ0n) is 17.1.